The van der Waals surface area contributed by atoms with E-state index in [9.17, 15) is 9.59 Å². The predicted molar refractivity (Wildman–Crippen MR) is 118 cm³/mol. The molecule has 0 aliphatic carbocycles. The van der Waals surface area contributed by atoms with Gasteiger partial charge in [0, 0.05) is 34.6 Å². The number of carbonyl (C=O) groups excluding carboxylic acids is 2. The second-order valence-electron chi connectivity index (χ2n) is 6.38. The van der Waals surface area contributed by atoms with Crippen molar-refractivity contribution in [2.45, 2.75) is 0 Å². The Morgan fingerprint density at radius 2 is 1.37 bits per heavy atom. The number of rotatable bonds is 7. The van der Waals surface area contributed by atoms with Crippen LogP contribution in [0.3, 0.4) is 0 Å². The van der Waals surface area contributed by atoms with Gasteiger partial charge in [0.1, 0.15) is 11.5 Å². The fourth-order valence-corrected chi connectivity index (χ4v) is 2.88. The van der Waals surface area contributed by atoms with Crippen molar-refractivity contribution in [2.75, 3.05) is 24.9 Å². The average molecular weight is 402 g/mol. The number of nitrogens with one attached hydrogen (secondary N) is 2. The quantitative estimate of drug-likeness (QED) is 0.592. The smallest absolute Gasteiger partial charge is 0.256 e. The van der Waals surface area contributed by atoms with Gasteiger partial charge in [-0.05, 0) is 48.0 Å². The van der Waals surface area contributed by atoms with E-state index in [0.717, 1.165) is 0 Å². The number of hydrogen-bond donors (Lipinski definition) is 2. The van der Waals surface area contributed by atoms with E-state index in [2.05, 4.69) is 17.2 Å². The van der Waals surface area contributed by atoms with Crippen LogP contribution < -0.4 is 20.1 Å². The van der Waals surface area contributed by atoms with Crippen LogP contribution in [0.25, 0.3) is 6.08 Å². The van der Waals surface area contributed by atoms with Crippen LogP contribution in [0.15, 0.2) is 73.3 Å². The third kappa shape index (κ3) is 4.86. The third-order valence-corrected chi connectivity index (χ3v) is 4.43. The summed E-state index contributed by atoms with van der Waals surface area (Å²) in [5.74, 6) is 0.675. The number of hydrogen-bond acceptors (Lipinski definition) is 4. The van der Waals surface area contributed by atoms with Crippen molar-refractivity contribution >= 4 is 29.3 Å². The minimum Gasteiger partial charge on any atom is -0.497 e. The molecule has 6 heteroatoms. The fraction of sp³-hybridized carbons (Fsp3) is 0.0833. The van der Waals surface area contributed by atoms with Crippen LogP contribution in [0.2, 0.25) is 0 Å². The van der Waals surface area contributed by atoms with Gasteiger partial charge in [0.25, 0.3) is 11.8 Å². The van der Waals surface area contributed by atoms with Crippen molar-refractivity contribution in [2.24, 2.45) is 0 Å². The molecule has 0 aliphatic rings. The second kappa shape index (κ2) is 9.43. The van der Waals surface area contributed by atoms with E-state index in [-0.39, 0.29) is 11.8 Å². The van der Waals surface area contributed by atoms with E-state index >= 15 is 0 Å². The molecule has 0 heterocycles. The monoisotopic (exact) mass is 402 g/mol. The van der Waals surface area contributed by atoms with Crippen LogP contribution in [0.1, 0.15) is 26.3 Å². The molecule has 152 valence electrons. The van der Waals surface area contributed by atoms with Crippen LogP contribution in [0, 0.1) is 0 Å². The van der Waals surface area contributed by atoms with Crippen molar-refractivity contribution in [3.63, 3.8) is 0 Å². The maximum atomic E-state index is 12.7. The molecule has 0 unspecified atom stereocenters. The molecule has 3 rings (SSSR count). The van der Waals surface area contributed by atoms with Gasteiger partial charge in [-0.1, -0.05) is 24.8 Å². The number of methoxy groups -OCH3 is 2. The third-order valence-electron chi connectivity index (χ3n) is 4.43. The molecular formula is C24H22N2O4. The normalized spacial score (nSPS) is 10.1. The molecule has 2 amide bonds. The first-order valence-corrected chi connectivity index (χ1v) is 9.21. The maximum Gasteiger partial charge on any atom is 0.256 e. The standard InChI is InChI=1S/C24H22N2O4/c1-4-16-13-17(23(27)25-18-7-5-9-20(14-18)29-2)11-12-22(16)24(28)26-19-8-6-10-21(15-19)30-3/h4-15H,1H2,2-3H3,(H,25,27)(H,26,28). The molecule has 0 aliphatic heterocycles. The molecular weight excluding hydrogens is 380 g/mol. The molecule has 0 atom stereocenters. The zero-order chi connectivity index (χ0) is 21.5. The first kappa shape index (κ1) is 20.7. The Morgan fingerprint density at radius 3 is 1.90 bits per heavy atom. The summed E-state index contributed by atoms with van der Waals surface area (Å²) in [6.45, 7) is 3.77. The van der Waals surface area contributed by atoms with Crippen molar-refractivity contribution in [3.05, 3.63) is 90.0 Å². The van der Waals surface area contributed by atoms with Crippen LogP contribution in [-0.2, 0) is 0 Å². The topological polar surface area (TPSA) is 76.7 Å². The van der Waals surface area contributed by atoms with Crippen molar-refractivity contribution in [1.29, 1.82) is 0 Å². The molecule has 0 bridgehead atoms. The summed E-state index contributed by atoms with van der Waals surface area (Å²) in [5.41, 5.74) is 2.58. The van der Waals surface area contributed by atoms with Crippen LogP contribution >= 0.6 is 0 Å². The number of ether oxygens (including phenoxy) is 2. The molecule has 0 saturated heterocycles. The van der Waals surface area contributed by atoms with Crippen LogP contribution in [-0.4, -0.2) is 26.0 Å². The summed E-state index contributed by atoms with van der Waals surface area (Å²) < 4.78 is 10.3. The Balaban J connectivity index is 1.78. The molecule has 0 saturated carbocycles. The molecule has 30 heavy (non-hydrogen) atoms. The lowest BCUT2D eigenvalue weighted by molar-refractivity contribution is 0.101. The lowest BCUT2D eigenvalue weighted by atomic mass is 10.0. The summed E-state index contributed by atoms with van der Waals surface area (Å²) in [6, 6.07) is 19.0. The summed E-state index contributed by atoms with van der Waals surface area (Å²) in [6.07, 6.45) is 1.54. The van der Waals surface area contributed by atoms with Gasteiger partial charge < -0.3 is 20.1 Å². The van der Waals surface area contributed by atoms with Gasteiger partial charge in [-0.2, -0.15) is 0 Å². The van der Waals surface area contributed by atoms with E-state index in [1.807, 2.05) is 0 Å². The Morgan fingerprint density at radius 1 is 0.800 bits per heavy atom. The fourth-order valence-electron chi connectivity index (χ4n) is 2.88. The van der Waals surface area contributed by atoms with Gasteiger partial charge in [0.15, 0.2) is 0 Å². The van der Waals surface area contributed by atoms with Gasteiger partial charge in [0.2, 0.25) is 0 Å². The zero-order valence-corrected chi connectivity index (χ0v) is 16.8. The van der Waals surface area contributed by atoms with Crippen molar-refractivity contribution < 1.29 is 19.1 Å². The van der Waals surface area contributed by atoms with Gasteiger partial charge in [0.05, 0.1) is 14.2 Å². The highest BCUT2D eigenvalue weighted by atomic mass is 16.5. The van der Waals surface area contributed by atoms with Crippen LogP contribution in [0.4, 0.5) is 11.4 Å². The van der Waals surface area contributed by atoms with E-state index < -0.39 is 0 Å². The van der Waals surface area contributed by atoms with Crippen LogP contribution in [0.5, 0.6) is 11.5 Å². The number of amides is 2. The Bertz CT molecular complexity index is 1090. The first-order valence-electron chi connectivity index (χ1n) is 9.21. The van der Waals surface area contributed by atoms with E-state index in [0.29, 0.717) is 39.6 Å². The summed E-state index contributed by atoms with van der Waals surface area (Å²) in [7, 11) is 3.12. The summed E-state index contributed by atoms with van der Waals surface area (Å²) >= 11 is 0. The number of benzene rings is 3. The minimum absolute atomic E-state index is 0.300. The molecule has 3 aromatic carbocycles. The zero-order valence-electron chi connectivity index (χ0n) is 16.8. The molecule has 6 nitrogen and oxygen atoms in total. The van der Waals surface area contributed by atoms with Gasteiger partial charge in [-0.3, -0.25) is 9.59 Å². The molecule has 0 spiro atoms. The molecule has 2 N–H and O–H groups in total. The predicted octanol–water partition coefficient (Wildman–Crippen LogP) is 4.85. The Labute approximate surface area is 175 Å². The Hall–Kier alpha value is -4.06. The highest BCUT2D eigenvalue weighted by molar-refractivity contribution is 6.09. The molecule has 0 fully saturated rings. The highest BCUT2D eigenvalue weighted by Gasteiger charge is 2.14. The number of anilines is 2. The second-order valence-corrected chi connectivity index (χ2v) is 6.38. The molecule has 0 radical (unpaired) electrons. The van der Waals surface area contributed by atoms with Gasteiger partial charge in [-0.25, -0.2) is 0 Å². The van der Waals surface area contributed by atoms with Crippen molar-refractivity contribution in [1.82, 2.24) is 0 Å². The lowest BCUT2D eigenvalue weighted by Crippen LogP contribution is -2.16. The SMILES string of the molecule is C=Cc1cc(C(=O)Nc2cccc(OC)c2)ccc1C(=O)Nc1cccc(OC)c1. The number of carbonyl (C=O) groups is 2. The van der Waals surface area contributed by atoms with Gasteiger partial charge >= 0.3 is 0 Å². The van der Waals surface area contributed by atoms with E-state index in [1.165, 1.54) is 0 Å². The summed E-state index contributed by atoms with van der Waals surface area (Å²) in [4.78, 5) is 25.3. The maximum absolute atomic E-state index is 12.7. The van der Waals surface area contributed by atoms with E-state index in [1.54, 1.807) is 87.0 Å². The molecule has 0 aromatic heterocycles. The highest BCUT2D eigenvalue weighted by Crippen LogP contribution is 2.21. The Kier molecular flexibility index (Phi) is 6.49. The van der Waals surface area contributed by atoms with Gasteiger partial charge in [-0.15, -0.1) is 0 Å². The summed E-state index contributed by atoms with van der Waals surface area (Å²) in [5, 5.41) is 5.65. The largest absolute Gasteiger partial charge is 0.497 e. The van der Waals surface area contributed by atoms with Crippen molar-refractivity contribution in [3.8, 4) is 11.5 Å². The minimum atomic E-state index is -0.307. The average Bonchev–Trinajstić information content (AvgIpc) is 2.78. The molecule has 3 aromatic rings. The first-order chi connectivity index (χ1) is 14.5. The van der Waals surface area contributed by atoms with E-state index in [4.69, 9.17) is 9.47 Å². The lowest BCUT2D eigenvalue weighted by Gasteiger charge is -2.11.